The Morgan fingerprint density at radius 1 is 0.824 bits per heavy atom. The maximum absolute atomic E-state index is 12.3. The summed E-state index contributed by atoms with van der Waals surface area (Å²) in [5, 5.41) is 0. The van der Waals surface area contributed by atoms with E-state index in [4.69, 9.17) is 0 Å². The van der Waals surface area contributed by atoms with Gasteiger partial charge in [0.25, 0.3) is 0 Å². The molecule has 0 amide bonds. The highest BCUT2D eigenvalue weighted by molar-refractivity contribution is 4.95. The van der Waals surface area contributed by atoms with E-state index in [-0.39, 0.29) is 6.67 Å². The molecule has 3 fully saturated rings. The van der Waals surface area contributed by atoms with Crippen LogP contribution in [0.5, 0.6) is 0 Å². The van der Waals surface area contributed by atoms with E-state index in [9.17, 15) is 4.39 Å². The van der Waals surface area contributed by atoms with E-state index < -0.39 is 0 Å². The molecule has 0 heterocycles. The first kappa shape index (κ1) is 12.0. The fourth-order valence-electron chi connectivity index (χ4n) is 5.37. The summed E-state index contributed by atoms with van der Waals surface area (Å²) < 4.78 is 12.3. The Morgan fingerprint density at radius 2 is 1.59 bits per heavy atom. The van der Waals surface area contributed by atoms with Crippen molar-refractivity contribution in [3.63, 3.8) is 0 Å². The topological polar surface area (TPSA) is 0 Å². The first-order valence-corrected chi connectivity index (χ1v) is 7.94. The fraction of sp³-hybridized carbons (Fsp3) is 1.00. The van der Waals surface area contributed by atoms with Crippen LogP contribution in [0.25, 0.3) is 0 Å². The maximum atomic E-state index is 12.3. The van der Waals surface area contributed by atoms with Crippen LogP contribution < -0.4 is 0 Å². The minimum atomic E-state index is -0.101. The van der Waals surface area contributed by atoms with Gasteiger partial charge in [-0.05, 0) is 68.1 Å². The van der Waals surface area contributed by atoms with Gasteiger partial charge in [0.2, 0.25) is 0 Å². The summed E-state index contributed by atoms with van der Waals surface area (Å²) in [4.78, 5) is 0. The zero-order chi connectivity index (χ0) is 11.7. The van der Waals surface area contributed by atoms with Crippen LogP contribution in [0, 0.1) is 29.6 Å². The van der Waals surface area contributed by atoms with Crippen molar-refractivity contribution in [3.05, 3.63) is 0 Å². The molecule has 3 aliphatic rings. The Balaban J connectivity index is 1.61. The number of hydrogen-bond acceptors (Lipinski definition) is 0. The standard InChI is InChI=1S/C16H27F/c17-9-3-5-12-4-1-7-16-14(10-12)11-13-6-2-8-15(13)16/h12-16H,1-11H2. The van der Waals surface area contributed by atoms with Crippen LogP contribution in [-0.4, -0.2) is 6.67 Å². The van der Waals surface area contributed by atoms with Gasteiger partial charge in [0, 0.05) is 0 Å². The highest BCUT2D eigenvalue weighted by Crippen LogP contribution is 2.55. The molecule has 0 spiro atoms. The molecule has 3 aliphatic carbocycles. The maximum Gasteiger partial charge on any atom is 0.0894 e. The van der Waals surface area contributed by atoms with E-state index in [0.29, 0.717) is 0 Å². The third kappa shape index (κ3) is 2.39. The average molecular weight is 238 g/mol. The Morgan fingerprint density at radius 3 is 2.41 bits per heavy atom. The van der Waals surface area contributed by atoms with E-state index in [1.165, 1.54) is 51.4 Å². The Kier molecular flexibility index (Phi) is 3.72. The Labute approximate surface area is 105 Å². The summed E-state index contributed by atoms with van der Waals surface area (Å²) in [5.74, 6) is 5.14. The number of halogens is 1. The van der Waals surface area contributed by atoms with Crippen LogP contribution in [0.2, 0.25) is 0 Å². The average Bonchev–Trinajstić information content (AvgIpc) is 2.83. The second-order valence-electron chi connectivity index (χ2n) is 6.88. The summed E-state index contributed by atoms with van der Waals surface area (Å²) in [6.07, 6.45) is 13.8. The van der Waals surface area contributed by atoms with E-state index in [0.717, 1.165) is 42.4 Å². The highest BCUT2D eigenvalue weighted by Gasteiger charge is 2.45. The summed E-state index contributed by atoms with van der Waals surface area (Å²) in [7, 11) is 0. The predicted molar refractivity (Wildman–Crippen MR) is 69.6 cm³/mol. The van der Waals surface area contributed by atoms with Crippen molar-refractivity contribution in [3.8, 4) is 0 Å². The van der Waals surface area contributed by atoms with Gasteiger partial charge in [-0.1, -0.05) is 25.7 Å². The van der Waals surface area contributed by atoms with Gasteiger partial charge in [0.1, 0.15) is 0 Å². The van der Waals surface area contributed by atoms with Gasteiger partial charge >= 0.3 is 0 Å². The molecule has 0 aromatic heterocycles. The smallest absolute Gasteiger partial charge is 0.0894 e. The quantitative estimate of drug-likeness (QED) is 0.650. The van der Waals surface area contributed by atoms with E-state index >= 15 is 0 Å². The molecule has 17 heavy (non-hydrogen) atoms. The lowest BCUT2D eigenvalue weighted by Gasteiger charge is -2.22. The molecule has 0 aromatic rings. The van der Waals surface area contributed by atoms with Gasteiger partial charge < -0.3 is 0 Å². The molecule has 5 unspecified atom stereocenters. The number of hydrogen-bond donors (Lipinski definition) is 0. The second-order valence-corrected chi connectivity index (χ2v) is 6.88. The van der Waals surface area contributed by atoms with Gasteiger partial charge in [-0.2, -0.15) is 0 Å². The molecule has 0 radical (unpaired) electrons. The van der Waals surface area contributed by atoms with E-state index in [2.05, 4.69) is 0 Å². The summed E-state index contributed by atoms with van der Waals surface area (Å²) in [6, 6.07) is 0. The third-order valence-corrected chi connectivity index (χ3v) is 6.01. The summed E-state index contributed by atoms with van der Waals surface area (Å²) in [5.41, 5.74) is 0. The molecular weight excluding hydrogens is 211 g/mol. The zero-order valence-electron chi connectivity index (χ0n) is 11.0. The van der Waals surface area contributed by atoms with Crippen molar-refractivity contribution < 1.29 is 4.39 Å². The molecular formula is C16H27F. The largest absolute Gasteiger partial charge is 0.251 e. The second kappa shape index (κ2) is 5.28. The first-order chi connectivity index (χ1) is 8.38. The van der Waals surface area contributed by atoms with Crippen molar-refractivity contribution in [2.45, 2.75) is 64.2 Å². The highest BCUT2D eigenvalue weighted by atomic mass is 19.1. The third-order valence-electron chi connectivity index (χ3n) is 6.01. The molecule has 0 nitrogen and oxygen atoms in total. The van der Waals surface area contributed by atoms with Crippen LogP contribution in [0.4, 0.5) is 4.39 Å². The first-order valence-electron chi connectivity index (χ1n) is 7.94. The lowest BCUT2D eigenvalue weighted by atomic mass is 9.83. The van der Waals surface area contributed by atoms with Crippen molar-refractivity contribution in [2.75, 3.05) is 6.67 Å². The normalized spacial score (nSPS) is 45.4. The van der Waals surface area contributed by atoms with Gasteiger partial charge in [-0.3, -0.25) is 4.39 Å². The number of alkyl halides is 1. The minimum Gasteiger partial charge on any atom is -0.251 e. The Bertz CT molecular complexity index is 250. The SMILES string of the molecule is FCCCC1CCCC2C(C1)CC1CCCC12. The van der Waals surface area contributed by atoms with Gasteiger partial charge in [0.15, 0.2) is 0 Å². The van der Waals surface area contributed by atoms with Gasteiger partial charge in [0.05, 0.1) is 6.67 Å². The molecule has 3 saturated carbocycles. The summed E-state index contributed by atoms with van der Waals surface area (Å²) >= 11 is 0. The molecule has 1 heteroatoms. The lowest BCUT2D eigenvalue weighted by Crippen LogP contribution is -2.14. The van der Waals surface area contributed by atoms with E-state index in [1.54, 1.807) is 0 Å². The molecule has 0 saturated heterocycles. The minimum absolute atomic E-state index is 0.101. The van der Waals surface area contributed by atoms with Crippen LogP contribution in [0.3, 0.4) is 0 Å². The molecule has 98 valence electrons. The zero-order valence-corrected chi connectivity index (χ0v) is 11.0. The van der Waals surface area contributed by atoms with E-state index in [1.807, 2.05) is 0 Å². The van der Waals surface area contributed by atoms with Gasteiger partial charge in [-0.15, -0.1) is 0 Å². The van der Waals surface area contributed by atoms with Crippen LogP contribution in [-0.2, 0) is 0 Å². The molecule has 0 aliphatic heterocycles. The molecule has 0 aromatic carbocycles. The number of fused-ring (bicyclic) bond motifs is 3. The Hall–Kier alpha value is -0.0700. The molecule has 0 bridgehead atoms. The van der Waals surface area contributed by atoms with Crippen LogP contribution >= 0.6 is 0 Å². The summed E-state index contributed by atoms with van der Waals surface area (Å²) in [6.45, 7) is -0.101. The number of rotatable bonds is 3. The van der Waals surface area contributed by atoms with Crippen molar-refractivity contribution in [1.82, 2.24) is 0 Å². The predicted octanol–water partition coefficient (Wildman–Crippen LogP) is 4.98. The molecule has 0 N–H and O–H groups in total. The lowest BCUT2D eigenvalue weighted by molar-refractivity contribution is 0.268. The van der Waals surface area contributed by atoms with Crippen LogP contribution in [0.15, 0.2) is 0 Å². The fourth-order valence-corrected chi connectivity index (χ4v) is 5.37. The van der Waals surface area contributed by atoms with Crippen molar-refractivity contribution >= 4 is 0 Å². The van der Waals surface area contributed by atoms with Crippen molar-refractivity contribution in [2.24, 2.45) is 29.6 Å². The van der Waals surface area contributed by atoms with Gasteiger partial charge in [-0.25, -0.2) is 0 Å². The van der Waals surface area contributed by atoms with Crippen LogP contribution in [0.1, 0.15) is 64.2 Å². The van der Waals surface area contributed by atoms with Crippen molar-refractivity contribution in [1.29, 1.82) is 0 Å². The molecule has 5 atom stereocenters. The molecule has 3 rings (SSSR count). The monoisotopic (exact) mass is 238 g/mol.